The molecular formula is C19H21F4NO3. The number of rotatable bonds is 7. The number of benzene rings is 1. The molecular weight excluding hydrogens is 366 g/mol. The van der Waals surface area contributed by atoms with Crippen LogP contribution in [0.3, 0.4) is 0 Å². The van der Waals surface area contributed by atoms with Gasteiger partial charge in [0.2, 0.25) is 0 Å². The van der Waals surface area contributed by atoms with E-state index in [4.69, 9.17) is 9.84 Å². The molecule has 3 rings (SSSR count). The van der Waals surface area contributed by atoms with E-state index < -0.39 is 24.9 Å². The van der Waals surface area contributed by atoms with E-state index >= 15 is 0 Å². The topological polar surface area (TPSA) is 49.8 Å². The number of hydrogen-bond acceptors (Lipinski definition) is 3. The van der Waals surface area contributed by atoms with Crippen molar-refractivity contribution in [1.29, 1.82) is 0 Å². The summed E-state index contributed by atoms with van der Waals surface area (Å²) in [4.78, 5) is 13.0. The number of allylic oxidation sites excluding steroid dienone is 1. The van der Waals surface area contributed by atoms with Gasteiger partial charge in [0, 0.05) is 19.6 Å². The number of fused-ring (bicyclic) bond motifs is 1. The predicted molar refractivity (Wildman–Crippen MR) is 91.4 cm³/mol. The van der Waals surface area contributed by atoms with Gasteiger partial charge in [0.15, 0.2) is 6.61 Å². The highest BCUT2D eigenvalue weighted by Gasteiger charge is 2.41. The van der Waals surface area contributed by atoms with E-state index in [1.54, 1.807) is 12.1 Å². The molecule has 1 saturated heterocycles. The van der Waals surface area contributed by atoms with Gasteiger partial charge in [0.05, 0.1) is 5.92 Å². The van der Waals surface area contributed by atoms with Gasteiger partial charge in [0.1, 0.15) is 5.75 Å². The maximum Gasteiger partial charge on any atom is 0.340 e. The number of alkyl halides is 4. The minimum atomic E-state index is -4.18. The molecule has 0 unspecified atom stereocenters. The lowest BCUT2D eigenvalue weighted by Crippen LogP contribution is -2.50. The minimum absolute atomic E-state index is 0.150. The smallest absolute Gasteiger partial charge is 0.340 e. The van der Waals surface area contributed by atoms with Gasteiger partial charge < -0.3 is 9.84 Å². The molecule has 8 heteroatoms. The molecule has 1 heterocycles. The number of aryl methyl sites for hydroxylation is 1. The van der Waals surface area contributed by atoms with Crippen LogP contribution < -0.4 is 4.74 Å². The van der Waals surface area contributed by atoms with Gasteiger partial charge in [-0.3, -0.25) is 9.69 Å². The fourth-order valence-electron chi connectivity index (χ4n) is 3.46. The van der Waals surface area contributed by atoms with Gasteiger partial charge in [-0.05, 0) is 48.6 Å². The van der Waals surface area contributed by atoms with Gasteiger partial charge in [-0.1, -0.05) is 11.6 Å². The molecule has 0 spiro atoms. The second-order valence-electron chi connectivity index (χ2n) is 7.13. The van der Waals surface area contributed by atoms with Crippen LogP contribution in [-0.2, 0) is 11.2 Å². The van der Waals surface area contributed by atoms with E-state index in [9.17, 15) is 22.4 Å². The highest BCUT2D eigenvalue weighted by molar-refractivity contribution is 5.73. The highest BCUT2D eigenvalue weighted by Crippen LogP contribution is 2.35. The number of nitrogens with zero attached hydrogens (tertiary/aromatic N) is 1. The second-order valence-corrected chi connectivity index (χ2v) is 7.13. The van der Waals surface area contributed by atoms with Crippen molar-refractivity contribution >= 4 is 11.5 Å². The molecule has 148 valence electrons. The first kappa shape index (κ1) is 19.7. The third kappa shape index (κ3) is 4.26. The van der Waals surface area contributed by atoms with Crippen molar-refractivity contribution in [2.45, 2.75) is 32.1 Å². The molecule has 0 aromatic heterocycles. The Kier molecular flexibility index (Phi) is 5.46. The quantitative estimate of drug-likeness (QED) is 0.725. The highest BCUT2D eigenvalue weighted by atomic mass is 19.3. The second kappa shape index (κ2) is 7.50. The number of carboxylic acids is 1. The number of ether oxygens (including phenoxy) is 1. The number of hydrogen-bond donors (Lipinski definition) is 1. The van der Waals surface area contributed by atoms with Crippen molar-refractivity contribution < 1.29 is 32.2 Å². The Labute approximate surface area is 154 Å². The first-order valence-corrected chi connectivity index (χ1v) is 8.73. The van der Waals surface area contributed by atoms with E-state index in [0.717, 1.165) is 23.1 Å². The van der Waals surface area contributed by atoms with E-state index in [1.165, 1.54) is 11.6 Å². The lowest BCUT2D eigenvalue weighted by atomic mass is 9.85. The summed E-state index contributed by atoms with van der Waals surface area (Å²) in [5, 5.41) is 8.95. The fourth-order valence-corrected chi connectivity index (χ4v) is 3.46. The van der Waals surface area contributed by atoms with Gasteiger partial charge in [-0.25, -0.2) is 8.78 Å². The summed E-state index contributed by atoms with van der Waals surface area (Å²) in [6.07, 6.45) is -2.28. The first-order valence-electron chi connectivity index (χ1n) is 8.73. The van der Waals surface area contributed by atoms with Crippen LogP contribution in [0.15, 0.2) is 23.8 Å². The van der Waals surface area contributed by atoms with Crippen LogP contribution in [0.1, 0.15) is 24.5 Å². The van der Waals surface area contributed by atoms with Gasteiger partial charge >= 0.3 is 18.3 Å². The van der Waals surface area contributed by atoms with Gasteiger partial charge in [0.25, 0.3) is 0 Å². The molecule has 0 atom stereocenters. The molecule has 27 heavy (non-hydrogen) atoms. The third-order valence-corrected chi connectivity index (χ3v) is 5.18. The predicted octanol–water partition coefficient (Wildman–Crippen LogP) is 3.70. The van der Waals surface area contributed by atoms with Gasteiger partial charge in [-0.2, -0.15) is 8.78 Å². The summed E-state index contributed by atoms with van der Waals surface area (Å²) in [5.41, 5.74) is 4.23. The Morgan fingerprint density at radius 2 is 2.04 bits per heavy atom. The summed E-state index contributed by atoms with van der Waals surface area (Å²) in [6, 6.07) is 4.90. The monoisotopic (exact) mass is 387 g/mol. The Morgan fingerprint density at radius 1 is 1.33 bits per heavy atom. The maximum absolute atomic E-state index is 13.0. The van der Waals surface area contributed by atoms with Crippen LogP contribution in [0.25, 0.3) is 5.57 Å². The number of likely N-dealkylation sites (tertiary alicyclic amines) is 1. The molecule has 0 saturated carbocycles. The number of carbonyl (C=O) groups is 1. The SMILES string of the molecule is CC1=C(CN2CC(C(=O)O)C2)CCc2cc(OCC(F)(F)C(F)F)ccc21. The number of aliphatic carboxylic acids is 1. The van der Waals surface area contributed by atoms with Crippen molar-refractivity contribution in [3.8, 4) is 5.75 Å². The standard InChI is InChI=1S/C19H21F4NO3/c1-11-13(7-24-8-14(9-24)17(25)26)3-2-12-6-15(4-5-16(11)12)27-10-19(22,23)18(20)21/h4-6,14,18H,2-3,7-10H2,1H3,(H,25,26). The molecule has 0 bridgehead atoms. The molecule has 1 N–H and O–H groups in total. The molecule has 1 fully saturated rings. The lowest BCUT2D eigenvalue weighted by molar-refractivity contribution is -0.148. The van der Waals surface area contributed by atoms with E-state index in [1.807, 2.05) is 6.92 Å². The number of halogens is 4. The largest absolute Gasteiger partial charge is 0.487 e. The molecule has 4 nitrogen and oxygen atoms in total. The van der Waals surface area contributed by atoms with Crippen LogP contribution in [0, 0.1) is 5.92 Å². The minimum Gasteiger partial charge on any atom is -0.487 e. The summed E-state index contributed by atoms with van der Waals surface area (Å²) >= 11 is 0. The lowest BCUT2D eigenvalue weighted by Gasteiger charge is -2.38. The Balaban J connectivity index is 1.65. The zero-order chi connectivity index (χ0) is 19.8. The van der Waals surface area contributed by atoms with E-state index in [2.05, 4.69) is 4.90 Å². The van der Waals surface area contributed by atoms with Gasteiger partial charge in [-0.15, -0.1) is 0 Å². The van der Waals surface area contributed by atoms with Crippen molar-refractivity contribution in [2.75, 3.05) is 26.2 Å². The summed E-state index contributed by atoms with van der Waals surface area (Å²) in [6.45, 7) is 2.43. The molecule has 1 aromatic rings. The maximum atomic E-state index is 13.0. The first-order chi connectivity index (χ1) is 12.7. The van der Waals surface area contributed by atoms with Crippen molar-refractivity contribution in [3.63, 3.8) is 0 Å². The van der Waals surface area contributed by atoms with E-state index in [0.29, 0.717) is 26.1 Å². The Hall–Kier alpha value is -2.09. The Morgan fingerprint density at radius 3 is 2.67 bits per heavy atom. The van der Waals surface area contributed by atoms with E-state index in [-0.39, 0.29) is 11.7 Å². The average Bonchev–Trinajstić information content (AvgIpc) is 2.57. The summed E-state index contributed by atoms with van der Waals surface area (Å²) < 4.78 is 55.3. The number of carboxylic acid groups (broad SMARTS) is 1. The Bertz CT molecular complexity index is 757. The molecule has 1 aliphatic carbocycles. The van der Waals surface area contributed by atoms with Crippen LogP contribution in [-0.4, -0.2) is 54.6 Å². The molecule has 1 aliphatic heterocycles. The third-order valence-electron chi connectivity index (χ3n) is 5.18. The average molecular weight is 387 g/mol. The van der Waals surface area contributed by atoms with Crippen LogP contribution in [0.2, 0.25) is 0 Å². The molecule has 2 aliphatic rings. The van der Waals surface area contributed by atoms with Crippen LogP contribution in [0.5, 0.6) is 5.75 Å². The van der Waals surface area contributed by atoms with Crippen molar-refractivity contribution in [2.24, 2.45) is 5.92 Å². The molecule has 0 radical (unpaired) electrons. The van der Waals surface area contributed by atoms with Crippen LogP contribution in [0.4, 0.5) is 17.6 Å². The summed E-state index contributed by atoms with van der Waals surface area (Å²) in [7, 11) is 0. The zero-order valence-electron chi connectivity index (χ0n) is 14.9. The molecule has 0 amide bonds. The zero-order valence-corrected chi connectivity index (χ0v) is 14.9. The normalized spacial score (nSPS) is 18.4. The molecule has 1 aromatic carbocycles. The van der Waals surface area contributed by atoms with Crippen molar-refractivity contribution in [1.82, 2.24) is 4.90 Å². The fraction of sp³-hybridized carbons (Fsp3) is 0.526. The van der Waals surface area contributed by atoms with Crippen LogP contribution >= 0.6 is 0 Å². The summed E-state index contributed by atoms with van der Waals surface area (Å²) in [5.74, 6) is -5.09. The van der Waals surface area contributed by atoms with Crippen molar-refractivity contribution in [3.05, 3.63) is 34.9 Å².